The van der Waals surface area contributed by atoms with Crippen molar-refractivity contribution >= 4 is 0 Å². The first kappa shape index (κ1) is 25.6. The Morgan fingerprint density at radius 1 is 0.771 bits per heavy atom. The molecule has 0 atom stereocenters. The molecule has 2 aliphatic rings. The minimum atomic E-state index is 0.665. The van der Waals surface area contributed by atoms with Gasteiger partial charge in [-0.1, -0.05) is 68.9 Å². The second kappa shape index (κ2) is 13.6. The third-order valence-corrected chi connectivity index (χ3v) is 8.36. The van der Waals surface area contributed by atoms with Crippen molar-refractivity contribution in [3.05, 3.63) is 77.4 Å². The number of hydrogen-bond donors (Lipinski definition) is 0. The van der Waals surface area contributed by atoms with Gasteiger partial charge in [-0.2, -0.15) is 0 Å². The van der Waals surface area contributed by atoms with Crippen molar-refractivity contribution < 1.29 is 4.74 Å². The Kier molecular flexibility index (Phi) is 9.94. The van der Waals surface area contributed by atoms with Crippen LogP contribution in [0.3, 0.4) is 0 Å². The summed E-state index contributed by atoms with van der Waals surface area (Å²) in [4.78, 5) is 0. The van der Waals surface area contributed by atoms with Crippen molar-refractivity contribution in [2.24, 2.45) is 11.8 Å². The van der Waals surface area contributed by atoms with E-state index in [9.17, 15) is 0 Å². The van der Waals surface area contributed by atoms with Gasteiger partial charge in [-0.15, -0.1) is 0 Å². The Hall–Kier alpha value is -2.46. The van der Waals surface area contributed by atoms with Gasteiger partial charge in [0.15, 0.2) is 0 Å². The van der Waals surface area contributed by atoms with Gasteiger partial charge in [-0.25, -0.2) is 0 Å². The number of unbranched alkanes of at least 4 members (excludes halogenated alkanes) is 1. The Morgan fingerprint density at radius 2 is 1.37 bits per heavy atom. The molecule has 0 radical (unpaired) electrons. The molecule has 0 bridgehead atoms. The molecule has 1 heteroatoms. The van der Waals surface area contributed by atoms with E-state index < -0.39 is 0 Å². The van der Waals surface area contributed by atoms with Crippen LogP contribution in [-0.2, 0) is 0 Å². The van der Waals surface area contributed by atoms with E-state index in [1.165, 1.54) is 75.3 Å². The van der Waals surface area contributed by atoms with Crippen molar-refractivity contribution in [2.45, 2.75) is 96.3 Å². The van der Waals surface area contributed by atoms with Gasteiger partial charge in [-0.3, -0.25) is 0 Å². The number of allylic oxidation sites excluding steroid dienone is 2. The SMILES string of the molecule is CCCCOc1ccc([C@H]2CC[C@H](/C=C/C#Cc3ccc([C@H]4CC[C@H](CC)CC4)cc3)CC2)cc1. The average Bonchev–Trinajstić information content (AvgIpc) is 2.92. The number of benzene rings is 2. The molecule has 2 aromatic carbocycles. The quantitative estimate of drug-likeness (QED) is 0.277. The predicted molar refractivity (Wildman–Crippen MR) is 149 cm³/mol. The van der Waals surface area contributed by atoms with Gasteiger partial charge in [0.1, 0.15) is 5.75 Å². The first-order chi connectivity index (χ1) is 17.2. The fourth-order valence-electron chi connectivity index (χ4n) is 5.87. The highest BCUT2D eigenvalue weighted by molar-refractivity contribution is 5.39. The molecule has 0 aliphatic heterocycles. The van der Waals surface area contributed by atoms with Crippen LogP contribution in [0.2, 0.25) is 0 Å². The second-order valence-corrected chi connectivity index (χ2v) is 10.8. The molecule has 2 fully saturated rings. The fraction of sp³-hybridized carbons (Fsp3) is 0.529. The standard InChI is InChI=1S/C34H44O/c1-3-5-26-35-34-24-22-33(23-25-34)32-20-14-29(15-21-32)9-7-6-8-28-12-18-31(19-13-28)30-16-10-27(4-2)11-17-30/h7,9,12-13,18-19,22-25,27,29-30,32H,3-5,10-11,14-17,20-21,26H2,1-2H3/b9-7+/t27-,29-,30-,32-. The molecule has 35 heavy (non-hydrogen) atoms. The summed E-state index contributed by atoms with van der Waals surface area (Å²) in [6, 6.07) is 17.9. The summed E-state index contributed by atoms with van der Waals surface area (Å²) in [5.74, 6) is 10.7. The van der Waals surface area contributed by atoms with Gasteiger partial charge in [0, 0.05) is 5.56 Å². The number of ether oxygens (including phenoxy) is 1. The van der Waals surface area contributed by atoms with Crippen LogP contribution in [0.4, 0.5) is 0 Å². The molecule has 2 saturated carbocycles. The van der Waals surface area contributed by atoms with E-state index in [-0.39, 0.29) is 0 Å². The van der Waals surface area contributed by atoms with E-state index in [4.69, 9.17) is 4.74 Å². The molecule has 0 aromatic heterocycles. The molecule has 0 amide bonds. The maximum absolute atomic E-state index is 5.81. The van der Waals surface area contributed by atoms with Gasteiger partial charge in [0.05, 0.1) is 6.61 Å². The van der Waals surface area contributed by atoms with Crippen molar-refractivity contribution in [3.63, 3.8) is 0 Å². The van der Waals surface area contributed by atoms with Gasteiger partial charge in [0.2, 0.25) is 0 Å². The number of hydrogen-bond acceptors (Lipinski definition) is 1. The monoisotopic (exact) mass is 468 g/mol. The van der Waals surface area contributed by atoms with Crippen molar-refractivity contribution in [2.75, 3.05) is 6.61 Å². The molecule has 1 nitrogen and oxygen atoms in total. The van der Waals surface area contributed by atoms with Crippen LogP contribution in [0.5, 0.6) is 5.75 Å². The van der Waals surface area contributed by atoms with Crippen LogP contribution in [0.15, 0.2) is 60.7 Å². The minimum Gasteiger partial charge on any atom is -0.494 e. The van der Waals surface area contributed by atoms with E-state index in [0.717, 1.165) is 36.2 Å². The van der Waals surface area contributed by atoms with E-state index in [0.29, 0.717) is 11.8 Å². The maximum atomic E-state index is 5.81. The zero-order valence-electron chi connectivity index (χ0n) is 22.0. The first-order valence-corrected chi connectivity index (χ1v) is 14.3. The van der Waals surface area contributed by atoms with E-state index in [2.05, 4.69) is 86.4 Å². The van der Waals surface area contributed by atoms with E-state index >= 15 is 0 Å². The van der Waals surface area contributed by atoms with Crippen molar-refractivity contribution in [3.8, 4) is 17.6 Å². The highest BCUT2D eigenvalue weighted by Crippen LogP contribution is 2.38. The Balaban J connectivity index is 1.20. The lowest BCUT2D eigenvalue weighted by atomic mass is 9.78. The van der Waals surface area contributed by atoms with Crippen LogP contribution in [0, 0.1) is 23.7 Å². The molecule has 0 heterocycles. The molecule has 0 saturated heterocycles. The predicted octanol–water partition coefficient (Wildman–Crippen LogP) is 9.43. The molecule has 2 aromatic rings. The largest absolute Gasteiger partial charge is 0.494 e. The summed E-state index contributed by atoms with van der Waals surface area (Å²) in [7, 11) is 0. The Bertz CT molecular complexity index is 956. The van der Waals surface area contributed by atoms with Crippen LogP contribution in [-0.4, -0.2) is 6.61 Å². The summed E-state index contributed by atoms with van der Waals surface area (Å²) < 4.78 is 5.81. The van der Waals surface area contributed by atoms with Crippen molar-refractivity contribution in [1.82, 2.24) is 0 Å². The van der Waals surface area contributed by atoms with Gasteiger partial charge < -0.3 is 4.74 Å². The summed E-state index contributed by atoms with van der Waals surface area (Å²) in [6.07, 6.45) is 18.6. The van der Waals surface area contributed by atoms with Crippen molar-refractivity contribution in [1.29, 1.82) is 0 Å². The summed E-state index contributed by atoms with van der Waals surface area (Å²) in [5, 5.41) is 0. The Labute approximate surface area is 214 Å². The molecule has 0 N–H and O–H groups in total. The van der Waals surface area contributed by atoms with Crippen LogP contribution >= 0.6 is 0 Å². The summed E-state index contributed by atoms with van der Waals surface area (Å²) >= 11 is 0. The molecule has 0 spiro atoms. The van der Waals surface area contributed by atoms with E-state index in [1.807, 2.05) is 0 Å². The Morgan fingerprint density at radius 3 is 1.97 bits per heavy atom. The molecule has 2 aliphatic carbocycles. The van der Waals surface area contributed by atoms with E-state index in [1.54, 1.807) is 0 Å². The van der Waals surface area contributed by atoms with Crippen LogP contribution in [0.25, 0.3) is 0 Å². The first-order valence-electron chi connectivity index (χ1n) is 14.3. The van der Waals surface area contributed by atoms with Crippen LogP contribution in [0.1, 0.15) is 113 Å². The van der Waals surface area contributed by atoms with Crippen LogP contribution < -0.4 is 4.74 Å². The normalized spacial score (nSPS) is 24.6. The van der Waals surface area contributed by atoms with Gasteiger partial charge >= 0.3 is 0 Å². The lowest BCUT2D eigenvalue weighted by Crippen LogP contribution is -2.12. The molecule has 0 unspecified atom stereocenters. The zero-order valence-corrected chi connectivity index (χ0v) is 22.0. The minimum absolute atomic E-state index is 0.665. The summed E-state index contributed by atoms with van der Waals surface area (Å²) in [5.41, 5.74) is 4.11. The lowest BCUT2D eigenvalue weighted by Gasteiger charge is -2.28. The zero-order chi connectivity index (χ0) is 24.3. The second-order valence-electron chi connectivity index (χ2n) is 10.8. The fourth-order valence-corrected chi connectivity index (χ4v) is 5.87. The maximum Gasteiger partial charge on any atom is 0.119 e. The van der Waals surface area contributed by atoms with Gasteiger partial charge in [0.25, 0.3) is 0 Å². The third kappa shape index (κ3) is 7.76. The third-order valence-electron chi connectivity index (χ3n) is 8.36. The highest BCUT2D eigenvalue weighted by atomic mass is 16.5. The molecule has 4 rings (SSSR count). The van der Waals surface area contributed by atoms with Gasteiger partial charge in [-0.05, 0) is 123 Å². The highest BCUT2D eigenvalue weighted by Gasteiger charge is 2.22. The lowest BCUT2D eigenvalue weighted by molar-refractivity contribution is 0.309. The average molecular weight is 469 g/mol. The smallest absolute Gasteiger partial charge is 0.119 e. The molecular formula is C34H44O. The topological polar surface area (TPSA) is 9.23 Å². The number of rotatable bonds is 8. The molecular weight excluding hydrogens is 424 g/mol. The molecule has 186 valence electrons. The summed E-state index contributed by atoms with van der Waals surface area (Å²) in [6.45, 7) is 5.35.